The van der Waals surface area contributed by atoms with Crippen LogP contribution in [0.1, 0.15) is 18.5 Å². The summed E-state index contributed by atoms with van der Waals surface area (Å²) in [6.45, 7) is 1.67. The number of hydrogen-bond acceptors (Lipinski definition) is 3. The van der Waals surface area contributed by atoms with Gasteiger partial charge in [0, 0.05) is 11.7 Å². The second-order valence-corrected chi connectivity index (χ2v) is 6.66. The fraction of sp³-hybridized carbons (Fsp3) is 0.143. The van der Waals surface area contributed by atoms with Crippen molar-refractivity contribution in [3.05, 3.63) is 58.9 Å². The van der Waals surface area contributed by atoms with Gasteiger partial charge in [-0.3, -0.25) is 0 Å². The Morgan fingerprint density at radius 3 is 2.48 bits per heavy atom. The summed E-state index contributed by atoms with van der Waals surface area (Å²) in [5, 5.41) is -0.331. The van der Waals surface area contributed by atoms with Gasteiger partial charge in [0.15, 0.2) is 5.82 Å². The highest BCUT2D eigenvalue weighted by molar-refractivity contribution is 7.89. The lowest BCUT2D eigenvalue weighted by molar-refractivity contribution is 0.547. The van der Waals surface area contributed by atoms with E-state index >= 15 is 0 Å². The number of benzene rings is 2. The Labute approximate surface area is 127 Å². The van der Waals surface area contributed by atoms with Gasteiger partial charge in [0.25, 0.3) is 0 Å². The minimum Gasteiger partial charge on any atom is -0.399 e. The molecule has 0 aliphatic carbocycles. The predicted molar refractivity (Wildman–Crippen MR) is 81.0 cm³/mol. The van der Waals surface area contributed by atoms with Crippen LogP contribution < -0.4 is 10.5 Å². The first-order chi connectivity index (χ1) is 9.81. The van der Waals surface area contributed by atoms with Crippen molar-refractivity contribution in [3.63, 3.8) is 0 Å². The van der Waals surface area contributed by atoms with E-state index in [-0.39, 0.29) is 10.7 Å². The van der Waals surface area contributed by atoms with E-state index < -0.39 is 26.8 Å². The van der Waals surface area contributed by atoms with E-state index in [1.165, 1.54) is 0 Å². The van der Waals surface area contributed by atoms with Crippen LogP contribution in [0.4, 0.5) is 10.1 Å². The third kappa shape index (κ3) is 3.53. The molecule has 3 N–H and O–H groups in total. The Morgan fingerprint density at radius 1 is 1.24 bits per heavy atom. The Morgan fingerprint density at radius 2 is 1.86 bits per heavy atom. The monoisotopic (exact) mass is 328 g/mol. The lowest BCUT2D eigenvalue weighted by atomic mass is 10.1. The molecule has 0 saturated heterocycles. The molecular formula is C14H14ClFN2O2S. The molecule has 0 heterocycles. The molecule has 0 saturated carbocycles. The minimum atomic E-state index is -4.07. The zero-order chi connectivity index (χ0) is 15.6. The quantitative estimate of drug-likeness (QED) is 0.847. The average molecular weight is 329 g/mol. The van der Waals surface area contributed by atoms with Gasteiger partial charge in [0.1, 0.15) is 4.90 Å². The van der Waals surface area contributed by atoms with Crippen molar-refractivity contribution in [1.29, 1.82) is 0 Å². The number of nitrogens with two attached hydrogens (primary N) is 1. The fourth-order valence-corrected chi connectivity index (χ4v) is 3.53. The maximum Gasteiger partial charge on any atom is 0.244 e. The standard InChI is InChI=1S/C14H14ClFN2O2S/c1-9(10-5-3-2-4-6-10)18-21(19,20)13-8-11(17)7-12(15)14(13)16/h2-9,18H,17H2,1H3/t9-/m0/s1. The van der Waals surface area contributed by atoms with Crippen molar-refractivity contribution in [2.45, 2.75) is 17.9 Å². The van der Waals surface area contributed by atoms with Crippen LogP contribution in [0.25, 0.3) is 0 Å². The highest BCUT2D eigenvalue weighted by Gasteiger charge is 2.24. The minimum absolute atomic E-state index is 0.0779. The Bertz CT molecular complexity index is 751. The number of halogens is 2. The summed E-state index contributed by atoms with van der Waals surface area (Å²) in [6, 6.07) is 10.6. The van der Waals surface area contributed by atoms with Crippen LogP contribution in [0.15, 0.2) is 47.4 Å². The van der Waals surface area contributed by atoms with Crippen LogP contribution >= 0.6 is 11.6 Å². The highest BCUT2D eigenvalue weighted by atomic mass is 35.5. The average Bonchev–Trinajstić information content (AvgIpc) is 2.43. The number of nitrogen functional groups attached to an aromatic ring is 1. The molecule has 0 spiro atoms. The van der Waals surface area contributed by atoms with Crippen molar-refractivity contribution in [3.8, 4) is 0 Å². The maximum atomic E-state index is 13.9. The molecule has 2 aromatic carbocycles. The number of rotatable bonds is 4. The van der Waals surface area contributed by atoms with Gasteiger partial charge in [-0.25, -0.2) is 17.5 Å². The van der Waals surface area contributed by atoms with E-state index in [0.717, 1.165) is 17.7 Å². The fourth-order valence-electron chi connectivity index (χ4n) is 1.89. The van der Waals surface area contributed by atoms with Gasteiger partial charge in [-0.2, -0.15) is 0 Å². The van der Waals surface area contributed by atoms with E-state index in [2.05, 4.69) is 4.72 Å². The SMILES string of the molecule is C[C@H](NS(=O)(=O)c1cc(N)cc(Cl)c1F)c1ccccc1. The molecule has 4 nitrogen and oxygen atoms in total. The van der Waals surface area contributed by atoms with Gasteiger partial charge in [-0.15, -0.1) is 0 Å². The molecule has 0 fully saturated rings. The van der Waals surface area contributed by atoms with Crippen LogP contribution in [0, 0.1) is 5.82 Å². The van der Waals surface area contributed by atoms with Gasteiger partial charge in [-0.1, -0.05) is 41.9 Å². The van der Waals surface area contributed by atoms with Crippen molar-refractivity contribution < 1.29 is 12.8 Å². The van der Waals surface area contributed by atoms with Gasteiger partial charge in [-0.05, 0) is 24.6 Å². The third-order valence-corrected chi connectivity index (χ3v) is 4.75. The smallest absolute Gasteiger partial charge is 0.244 e. The van der Waals surface area contributed by atoms with Crippen LogP contribution in [0.5, 0.6) is 0 Å². The molecule has 0 bridgehead atoms. The molecule has 0 amide bonds. The van der Waals surface area contributed by atoms with Crippen molar-refractivity contribution >= 4 is 27.3 Å². The van der Waals surface area contributed by atoms with Gasteiger partial charge < -0.3 is 5.73 Å². The molecule has 21 heavy (non-hydrogen) atoms. The second-order valence-electron chi connectivity index (χ2n) is 4.57. The van der Waals surface area contributed by atoms with Crippen LogP contribution in [-0.4, -0.2) is 8.42 Å². The molecule has 2 aromatic rings. The number of anilines is 1. The molecular weight excluding hydrogens is 315 g/mol. The molecule has 0 radical (unpaired) electrons. The lowest BCUT2D eigenvalue weighted by Gasteiger charge is -2.15. The van der Waals surface area contributed by atoms with Crippen molar-refractivity contribution in [2.75, 3.05) is 5.73 Å². The number of sulfonamides is 1. The third-order valence-electron chi connectivity index (χ3n) is 2.94. The van der Waals surface area contributed by atoms with Gasteiger partial charge in [0.05, 0.1) is 5.02 Å². The van der Waals surface area contributed by atoms with E-state index in [9.17, 15) is 12.8 Å². The predicted octanol–water partition coefficient (Wildman–Crippen LogP) is 3.10. The maximum absolute atomic E-state index is 13.9. The van der Waals surface area contributed by atoms with E-state index in [0.29, 0.717) is 0 Å². The molecule has 0 aliphatic rings. The first-order valence-electron chi connectivity index (χ1n) is 6.13. The summed E-state index contributed by atoms with van der Waals surface area (Å²) in [7, 11) is -4.07. The summed E-state index contributed by atoms with van der Waals surface area (Å²) < 4.78 is 40.9. The number of nitrogens with one attached hydrogen (secondary N) is 1. The normalized spacial score (nSPS) is 13.1. The molecule has 1 atom stereocenters. The lowest BCUT2D eigenvalue weighted by Crippen LogP contribution is -2.27. The first kappa shape index (κ1) is 15.8. The first-order valence-corrected chi connectivity index (χ1v) is 7.99. The highest BCUT2D eigenvalue weighted by Crippen LogP contribution is 2.26. The molecule has 2 rings (SSSR count). The van der Waals surface area contributed by atoms with Crippen molar-refractivity contribution in [1.82, 2.24) is 4.72 Å². The Hall–Kier alpha value is -1.63. The van der Waals surface area contributed by atoms with E-state index in [1.807, 2.05) is 6.07 Å². The second kappa shape index (κ2) is 6.01. The molecule has 112 valence electrons. The van der Waals surface area contributed by atoms with Gasteiger partial charge >= 0.3 is 0 Å². The van der Waals surface area contributed by atoms with E-state index in [4.69, 9.17) is 17.3 Å². The largest absolute Gasteiger partial charge is 0.399 e. The zero-order valence-corrected chi connectivity index (χ0v) is 12.7. The molecule has 0 aliphatic heterocycles. The Kier molecular flexibility index (Phi) is 4.51. The van der Waals surface area contributed by atoms with Crippen molar-refractivity contribution in [2.24, 2.45) is 0 Å². The summed E-state index contributed by atoms with van der Waals surface area (Å²) in [5.41, 5.74) is 6.36. The summed E-state index contributed by atoms with van der Waals surface area (Å²) in [6.07, 6.45) is 0. The van der Waals surface area contributed by atoms with E-state index in [1.54, 1.807) is 31.2 Å². The van der Waals surface area contributed by atoms with Gasteiger partial charge in [0.2, 0.25) is 10.0 Å². The zero-order valence-electron chi connectivity index (χ0n) is 11.2. The summed E-state index contributed by atoms with van der Waals surface area (Å²) in [4.78, 5) is -0.560. The van der Waals surface area contributed by atoms with Crippen LogP contribution in [0.3, 0.4) is 0 Å². The van der Waals surface area contributed by atoms with Crippen LogP contribution in [-0.2, 0) is 10.0 Å². The topological polar surface area (TPSA) is 72.2 Å². The van der Waals surface area contributed by atoms with Crippen LogP contribution in [0.2, 0.25) is 5.02 Å². The number of hydrogen-bond donors (Lipinski definition) is 2. The summed E-state index contributed by atoms with van der Waals surface area (Å²) in [5.74, 6) is -1.02. The Balaban J connectivity index is 2.35. The molecule has 7 heteroatoms. The molecule has 0 aromatic heterocycles. The molecule has 0 unspecified atom stereocenters. The summed E-state index contributed by atoms with van der Waals surface area (Å²) >= 11 is 5.63.